The predicted molar refractivity (Wildman–Crippen MR) is 78.7 cm³/mol. The van der Waals surface area contributed by atoms with Gasteiger partial charge in [0.1, 0.15) is 5.75 Å². The van der Waals surface area contributed by atoms with E-state index in [9.17, 15) is 10.2 Å². The van der Waals surface area contributed by atoms with Gasteiger partial charge in [-0.3, -0.25) is 0 Å². The molecular weight excluding hydrogens is 248 g/mol. The molecule has 4 rings (SSSR count). The van der Waals surface area contributed by atoms with Crippen LogP contribution in [0, 0.1) is 17.3 Å². The summed E-state index contributed by atoms with van der Waals surface area (Å²) in [6.45, 7) is 2.32. The number of phenols is 1. The Morgan fingerprint density at radius 3 is 2.85 bits per heavy atom. The summed E-state index contributed by atoms with van der Waals surface area (Å²) in [4.78, 5) is 0. The fourth-order valence-electron chi connectivity index (χ4n) is 5.54. The van der Waals surface area contributed by atoms with Crippen LogP contribution in [0.5, 0.6) is 5.75 Å². The third kappa shape index (κ3) is 1.60. The zero-order valence-corrected chi connectivity index (χ0v) is 12.2. The van der Waals surface area contributed by atoms with Crippen LogP contribution in [0.15, 0.2) is 18.2 Å². The molecule has 0 aliphatic heterocycles. The fourth-order valence-corrected chi connectivity index (χ4v) is 5.54. The summed E-state index contributed by atoms with van der Waals surface area (Å²) in [5.41, 5.74) is 2.99. The number of aliphatic hydroxyl groups is 1. The van der Waals surface area contributed by atoms with Crippen LogP contribution in [0.25, 0.3) is 0 Å². The molecule has 0 saturated heterocycles. The smallest absolute Gasteiger partial charge is 0.115 e. The molecule has 0 spiro atoms. The van der Waals surface area contributed by atoms with Gasteiger partial charge in [-0.25, -0.2) is 0 Å². The van der Waals surface area contributed by atoms with Crippen LogP contribution >= 0.6 is 0 Å². The van der Waals surface area contributed by atoms with Crippen molar-refractivity contribution in [3.63, 3.8) is 0 Å². The molecule has 0 radical (unpaired) electrons. The standard InChI is InChI=1S/C18H24O2/c1-18-9-8-14-13-5-3-12(19)10-11(13)2-4-15(14)16(18)6-7-17(18)20/h3,5,10,14-17,19-20H,2,4,6-9H2,1H3/t14-,15-,16?,17-,18-/m0/s1. The number of aliphatic hydroxyl groups excluding tert-OH is 1. The molecule has 20 heavy (non-hydrogen) atoms. The van der Waals surface area contributed by atoms with Crippen LogP contribution in [-0.4, -0.2) is 16.3 Å². The fraction of sp³-hybridized carbons (Fsp3) is 0.667. The highest BCUT2D eigenvalue weighted by molar-refractivity contribution is 5.40. The van der Waals surface area contributed by atoms with Gasteiger partial charge in [0.2, 0.25) is 0 Å². The highest BCUT2D eigenvalue weighted by Crippen LogP contribution is 2.60. The molecule has 0 bridgehead atoms. The molecule has 1 aromatic carbocycles. The van der Waals surface area contributed by atoms with Crippen LogP contribution in [0.1, 0.15) is 56.1 Å². The Labute approximate surface area is 120 Å². The van der Waals surface area contributed by atoms with Gasteiger partial charge >= 0.3 is 0 Å². The Balaban J connectivity index is 1.71. The monoisotopic (exact) mass is 272 g/mol. The summed E-state index contributed by atoms with van der Waals surface area (Å²) in [7, 11) is 0. The second-order valence-corrected chi connectivity index (χ2v) is 7.44. The maximum atomic E-state index is 10.4. The second-order valence-electron chi connectivity index (χ2n) is 7.44. The van der Waals surface area contributed by atoms with Gasteiger partial charge in [-0.2, -0.15) is 0 Å². The molecule has 0 aromatic heterocycles. The second kappa shape index (κ2) is 4.24. The highest BCUT2D eigenvalue weighted by atomic mass is 16.3. The van der Waals surface area contributed by atoms with E-state index in [-0.39, 0.29) is 11.5 Å². The van der Waals surface area contributed by atoms with Crippen LogP contribution in [-0.2, 0) is 6.42 Å². The van der Waals surface area contributed by atoms with Gasteiger partial charge in [0, 0.05) is 0 Å². The molecule has 2 saturated carbocycles. The largest absolute Gasteiger partial charge is 0.508 e. The van der Waals surface area contributed by atoms with Gasteiger partial charge < -0.3 is 10.2 Å². The van der Waals surface area contributed by atoms with Gasteiger partial charge in [-0.1, -0.05) is 13.0 Å². The van der Waals surface area contributed by atoms with E-state index in [4.69, 9.17) is 0 Å². The van der Waals surface area contributed by atoms with Gasteiger partial charge in [0.25, 0.3) is 0 Å². The Kier molecular flexibility index (Phi) is 2.69. The molecule has 2 heteroatoms. The Morgan fingerprint density at radius 2 is 2.00 bits per heavy atom. The van der Waals surface area contributed by atoms with Crippen molar-refractivity contribution in [3.8, 4) is 5.75 Å². The molecule has 108 valence electrons. The first kappa shape index (κ1) is 12.7. The molecule has 3 aliphatic carbocycles. The first-order chi connectivity index (χ1) is 9.59. The van der Waals surface area contributed by atoms with E-state index in [1.54, 1.807) is 0 Å². The van der Waals surface area contributed by atoms with E-state index in [0.717, 1.165) is 25.2 Å². The molecule has 3 aliphatic rings. The minimum Gasteiger partial charge on any atom is -0.508 e. The minimum absolute atomic E-state index is 0.0883. The summed E-state index contributed by atoms with van der Waals surface area (Å²) in [5.74, 6) is 2.49. The third-order valence-electron chi connectivity index (χ3n) is 6.66. The average Bonchev–Trinajstić information content (AvgIpc) is 2.74. The van der Waals surface area contributed by atoms with Crippen molar-refractivity contribution in [1.29, 1.82) is 0 Å². The van der Waals surface area contributed by atoms with Crippen molar-refractivity contribution in [3.05, 3.63) is 29.3 Å². The van der Waals surface area contributed by atoms with Crippen molar-refractivity contribution >= 4 is 0 Å². The topological polar surface area (TPSA) is 40.5 Å². The summed E-state index contributed by atoms with van der Waals surface area (Å²) < 4.78 is 0. The SMILES string of the molecule is C[C@]12CC[C@H]3c4ccc(O)cc4CC[C@@H]3C1CC[C@@H]2O. The van der Waals surface area contributed by atoms with E-state index in [1.807, 2.05) is 12.1 Å². The molecule has 5 atom stereocenters. The lowest BCUT2D eigenvalue weighted by Gasteiger charge is -2.50. The highest BCUT2D eigenvalue weighted by Gasteiger charge is 2.54. The molecular formula is C18H24O2. The number of phenolic OH excluding ortho intramolecular Hbond substituents is 1. The van der Waals surface area contributed by atoms with Crippen LogP contribution in [0.4, 0.5) is 0 Å². The number of hydrogen-bond acceptors (Lipinski definition) is 2. The maximum Gasteiger partial charge on any atom is 0.115 e. The lowest BCUT2D eigenvalue weighted by molar-refractivity contribution is -0.0226. The van der Waals surface area contributed by atoms with Crippen molar-refractivity contribution in [2.75, 3.05) is 0 Å². The zero-order valence-electron chi connectivity index (χ0n) is 12.2. The predicted octanol–water partition coefficient (Wildman–Crippen LogP) is 3.61. The number of fused-ring (bicyclic) bond motifs is 5. The van der Waals surface area contributed by atoms with Gasteiger partial charge in [0.05, 0.1) is 6.10 Å². The summed E-state index contributed by atoms with van der Waals surface area (Å²) in [6, 6.07) is 5.96. The van der Waals surface area contributed by atoms with Gasteiger partial charge in [0.15, 0.2) is 0 Å². The van der Waals surface area contributed by atoms with Crippen molar-refractivity contribution in [2.24, 2.45) is 17.3 Å². The van der Waals surface area contributed by atoms with Crippen molar-refractivity contribution in [2.45, 2.75) is 57.5 Å². The Bertz CT molecular complexity index is 538. The molecule has 2 N–H and O–H groups in total. The summed E-state index contributed by atoms with van der Waals surface area (Å²) >= 11 is 0. The van der Waals surface area contributed by atoms with E-state index >= 15 is 0 Å². The quantitative estimate of drug-likeness (QED) is 0.757. The van der Waals surface area contributed by atoms with Crippen LogP contribution in [0.3, 0.4) is 0 Å². The number of benzene rings is 1. The molecule has 2 fully saturated rings. The molecule has 0 amide bonds. The van der Waals surface area contributed by atoms with E-state index in [1.165, 1.54) is 30.4 Å². The Morgan fingerprint density at radius 1 is 1.15 bits per heavy atom. The molecule has 1 unspecified atom stereocenters. The Hall–Kier alpha value is -1.02. The third-order valence-corrected chi connectivity index (χ3v) is 6.66. The first-order valence-corrected chi connectivity index (χ1v) is 8.09. The van der Waals surface area contributed by atoms with Crippen LogP contribution in [0.2, 0.25) is 0 Å². The van der Waals surface area contributed by atoms with E-state index < -0.39 is 0 Å². The molecule has 1 aromatic rings. The van der Waals surface area contributed by atoms with Crippen molar-refractivity contribution in [1.82, 2.24) is 0 Å². The number of aryl methyl sites for hydroxylation is 1. The number of rotatable bonds is 0. The zero-order chi connectivity index (χ0) is 13.9. The van der Waals surface area contributed by atoms with Crippen molar-refractivity contribution < 1.29 is 10.2 Å². The number of hydrogen-bond donors (Lipinski definition) is 2. The van der Waals surface area contributed by atoms with E-state index in [0.29, 0.717) is 17.6 Å². The number of aromatic hydroxyl groups is 1. The maximum absolute atomic E-state index is 10.4. The van der Waals surface area contributed by atoms with Gasteiger partial charge in [-0.15, -0.1) is 0 Å². The minimum atomic E-state index is -0.0883. The first-order valence-electron chi connectivity index (χ1n) is 8.09. The summed E-state index contributed by atoms with van der Waals surface area (Å²) in [6.07, 6.45) is 6.78. The lowest BCUT2D eigenvalue weighted by Crippen LogP contribution is -2.43. The van der Waals surface area contributed by atoms with E-state index in [2.05, 4.69) is 13.0 Å². The van der Waals surface area contributed by atoms with Crippen LogP contribution < -0.4 is 0 Å². The van der Waals surface area contributed by atoms with Gasteiger partial charge in [-0.05, 0) is 85.0 Å². The molecule has 2 nitrogen and oxygen atoms in total. The normalized spacial score (nSPS) is 42.7. The lowest BCUT2D eigenvalue weighted by atomic mass is 9.55. The summed E-state index contributed by atoms with van der Waals surface area (Å²) in [5, 5.41) is 20.0. The molecule has 0 heterocycles. The average molecular weight is 272 g/mol.